The number of nitrogens with zero attached hydrogens (tertiary/aromatic N) is 2. The van der Waals surface area contributed by atoms with Gasteiger partial charge in [-0.25, -0.2) is 0 Å². The van der Waals surface area contributed by atoms with Crippen LogP contribution < -0.4 is 5.53 Å². The summed E-state index contributed by atoms with van der Waals surface area (Å²) in [6.45, 7) is 0. The molecule has 0 aromatic rings. The number of hydrogen-bond donors (Lipinski definition) is 1. The van der Waals surface area contributed by atoms with E-state index in [0.717, 1.165) is 5.92 Å². The molecule has 0 spiro atoms. The normalized spacial score (nSPS) is 23.5. The number of rotatable bonds is 1. The highest BCUT2D eigenvalue weighted by Crippen LogP contribution is 2.30. The summed E-state index contributed by atoms with van der Waals surface area (Å²) >= 11 is 0. The van der Waals surface area contributed by atoms with E-state index in [-0.39, 0.29) is 0 Å². The van der Waals surface area contributed by atoms with Crippen LogP contribution in [0.25, 0.3) is 0 Å². The number of hydrazone groups is 2. The molecule has 0 unspecified atom stereocenters. The van der Waals surface area contributed by atoms with E-state index in [9.17, 15) is 0 Å². The minimum absolute atomic E-state index is 0.722. The highest BCUT2D eigenvalue weighted by atomic mass is 15.5. The van der Waals surface area contributed by atoms with Gasteiger partial charge in [0.1, 0.15) is 0 Å². The second kappa shape index (κ2) is 3.52. The van der Waals surface area contributed by atoms with E-state index in [0.29, 0.717) is 0 Å². The predicted octanol–water partition coefficient (Wildman–Crippen LogP) is 1.68. The van der Waals surface area contributed by atoms with E-state index in [1.165, 1.54) is 31.3 Å². The van der Waals surface area contributed by atoms with Gasteiger partial charge in [-0.3, -0.25) is 0 Å². The van der Waals surface area contributed by atoms with Crippen LogP contribution in [0.15, 0.2) is 21.9 Å². The van der Waals surface area contributed by atoms with Gasteiger partial charge in [0, 0.05) is 6.21 Å². The first-order chi connectivity index (χ1) is 5.97. The summed E-state index contributed by atoms with van der Waals surface area (Å²) in [5.74, 6) is 0.722. The number of nitrogens with one attached hydrogen (secondary N) is 1. The largest absolute Gasteiger partial charge is 0.198 e. The first kappa shape index (κ1) is 7.53. The Hall–Kier alpha value is -1.12. The lowest BCUT2D eigenvalue weighted by atomic mass is 9.98. The van der Waals surface area contributed by atoms with Crippen molar-refractivity contribution in [1.82, 2.24) is 5.53 Å². The van der Waals surface area contributed by atoms with E-state index in [4.69, 9.17) is 0 Å². The summed E-state index contributed by atoms with van der Waals surface area (Å²) in [4.78, 5) is 0. The summed E-state index contributed by atoms with van der Waals surface area (Å²) in [5, 5.41) is 7.80. The molecule has 1 heterocycles. The maximum Gasteiger partial charge on any atom is 0.0524 e. The Morgan fingerprint density at radius 1 is 1.25 bits per heavy atom. The van der Waals surface area contributed by atoms with Gasteiger partial charge >= 0.3 is 0 Å². The van der Waals surface area contributed by atoms with Crippen LogP contribution in [0.1, 0.15) is 25.7 Å². The van der Waals surface area contributed by atoms with Crippen molar-refractivity contribution in [3.63, 3.8) is 0 Å². The second-order valence-electron chi connectivity index (χ2n) is 3.28. The van der Waals surface area contributed by atoms with Gasteiger partial charge in [0.25, 0.3) is 0 Å². The van der Waals surface area contributed by atoms with Crippen molar-refractivity contribution >= 4 is 12.4 Å². The van der Waals surface area contributed by atoms with Crippen molar-refractivity contribution in [3.8, 4) is 0 Å². The molecule has 2 aliphatic rings. The van der Waals surface area contributed by atoms with E-state index >= 15 is 0 Å². The van der Waals surface area contributed by atoms with E-state index in [2.05, 4.69) is 21.8 Å². The lowest BCUT2D eigenvalue weighted by Gasteiger charge is -2.07. The van der Waals surface area contributed by atoms with Crippen molar-refractivity contribution in [2.75, 3.05) is 0 Å². The third kappa shape index (κ3) is 1.55. The van der Waals surface area contributed by atoms with Crippen molar-refractivity contribution in [1.29, 1.82) is 0 Å². The van der Waals surface area contributed by atoms with Crippen LogP contribution in [0.4, 0.5) is 0 Å². The molecule has 0 aromatic heterocycles. The average Bonchev–Trinajstić information content (AvgIpc) is 2.48. The summed E-state index contributed by atoms with van der Waals surface area (Å²) in [5.41, 5.74) is 3.91. The Morgan fingerprint density at radius 3 is 2.92 bits per heavy atom. The summed E-state index contributed by atoms with van der Waals surface area (Å²) in [6, 6.07) is 0. The molecule has 0 bridgehead atoms. The predicted molar refractivity (Wildman–Crippen MR) is 50.2 cm³/mol. The molecule has 2 rings (SSSR count). The van der Waals surface area contributed by atoms with Gasteiger partial charge in [0.05, 0.1) is 6.21 Å². The SMILES string of the molecule is C1=NNN=CC(C2CCCC2)=C1. The Bertz CT molecular complexity index is 234. The fraction of sp³-hybridized carbons (Fsp3) is 0.556. The molecule has 3 nitrogen and oxygen atoms in total. The summed E-state index contributed by atoms with van der Waals surface area (Å²) < 4.78 is 0. The molecule has 1 aliphatic heterocycles. The van der Waals surface area contributed by atoms with Gasteiger partial charge in [-0.2, -0.15) is 15.7 Å². The van der Waals surface area contributed by atoms with E-state index < -0.39 is 0 Å². The third-order valence-corrected chi connectivity index (χ3v) is 2.50. The van der Waals surface area contributed by atoms with E-state index in [1.807, 2.05) is 6.21 Å². The van der Waals surface area contributed by atoms with Crippen molar-refractivity contribution in [3.05, 3.63) is 11.6 Å². The van der Waals surface area contributed by atoms with Crippen LogP contribution in [0.3, 0.4) is 0 Å². The molecule has 3 heteroatoms. The smallest absolute Gasteiger partial charge is 0.0524 e. The third-order valence-electron chi connectivity index (χ3n) is 2.50. The van der Waals surface area contributed by atoms with Crippen LogP contribution in [-0.2, 0) is 0 Å². The topological polar surface area (TPSA) is 36.8 Å². The van der Waals surface area contributed by atoms with Crippen LogP contribution in [0.5, 0.6) is 0 Å². The Morgan fingerprint density at radius 2 is 2.08 bits per heavy atom. The second-order valence-corrected chi connectivity index (χ2v) is 3.28. The molecular formula is C9H13N3. The molecule has 64 valence electrons. The Kier molecular flexibility index (Phi) is 2.21. The zero-order valence-corrected chi connectivity index (χ0v) is 7.03. The monoisotopic (exact) mass is 163 g/mol. The van der Waals surface area contributed by atoms with E-state index in [1.54, 1.807) is 6.21 Å². The van der Waals surface area contributed by atoms with Gasteiger partial charge in [-0.15, -0.1) is 0 Å². The lowest BCUT2D eigenvalue weighted by molar-refractivity contribution is 0.668. The highest BCUT2D eigenvalue weighted by Gasteiger charge is 2.17. The number of hydrogen-bond acceptors (Lipinski definition) is 3. The molecule has 1 fully saturated rings. The minimum Gasteiger partial charge on any atom is -0.198 e. The van der Waals surface area contributed by atoms with Crippen LogP contribution in [0.2, 0.25) is 0 Å². The number of allylic oxidation sites excluding steroid dienone is 2. The van der Waals surface area contributed by atoms with Gasteiger partial charge in [-0.05, 0) is 30.4 Å². The molecule has 0 atom stereocenters. The highest BCUT2D eigenvalue weighted by molar-refractivity contribution is 5.87. The van der Waals surface area contributed by atoms with Crippen LogP contribution in [0, 0.1) is 5.92 Å². The van der Waals surface area contributed by atoms with Crippen molar-refractivity contribution in [2.24, 2.45) is 16.1 Å². The Balaban J connectivity index is 2.09. The maximum atomic E-state index is 3.96. The van der Waals surface area contributed by atoms with Crippen molar-refractivity contribution in [2.45, 2.75) is 25.7 Å². The minimum atomic E-state index is 0.722. The fourth-order valence-electron chi connectivity index (χ4n) is 1.84. The molecule has 12 heavy (non-hydrogen) atoms. The van der Waals surface area contributed by atoms with Crippen LogP contribution >= 0.6 is 0 Å². The molecular weight excluding hydrogens is 150 g/mol. The summed E-state index contributed by atoms with van der Waals surface area (Å²) in [6.07, 6.45) is 11.1. The van der Waals surface area contributed by atoms with Gasteiger partial charge in [0.2, 0.25) is 0 Å². The van der Waals surface area contributed by atoms with Gasteiger partial charge in [-0.1, -0.05) is 12.8 Å². The molecule has 1 saturated carbocycles. The molecule has 0 aromatic carbocycles. The van der Waals surface area contributed by atoms with Crippen LogP contribution in [-0.4, -0.2) is 12.4 Å². The molecule has 1 N–H and O–H groups in total. The van der Waals surface area contributed by atoms with Crippen molar-refractivity contribution < 1.29 is 0 Å². The zero-order chi connectivity index (χ0) is 8.23. The molecule has 1 aliphatic carbocycles. The fourth-order valence-corrected chi connectivity index (χ4v) is 1.84. The standard InChI is InChI=1S/C9H13N3/c1-2-4-8(3-1)9-5-6-10-12-11-7-9/h5-8,12H,1-4H2. The summed E-state index contributed by atoms with van der Waals surface area (Å²) in [7, 11) is 0. The Labute approximate surface area is 72.2 Å². The lowest BCUT2D eigenvalue weighted by Crippen LogP contribution is -2.00. The molecule has 0 radical (unpaired) electrons. The molecule has 0 saturated heterocycles. The maximum absolute atomic E-state index is 3.96. The van der Waals surface area contributed by atoms with Gasteiger partial charge < -0.3 is 0 Å². The average molecular weight is 163 g/mol. The first-order valence-electron chi connectivity index (χ1n) is 4.48. The molecule has 0 amide bonds. The zero-order valence-electron chi connectivity index (χ0n) is 7.03. The van der Waals surface area contributed by atoms with Gasteiger partial charge in [0.15, 0.2) is 0 Å². The first-order valence-corrected chi connectivity index (χ1v) is 4.48. The quantitative estimate of drug-likeness (QED) is 0.627.